The summed E-state index contributed by atoms with van der Waals surface area (Å²) in [6.45, 7) is 0. The molecule has 0 bridgehead atoms. The molecule has 0 unspecified atom stereocenters. The summed E-state index contributed by atoms with van der Waals surface area (Å²) in [4.78, 5) is 4.37. The van der Waals surface area contributed by atoms with Crippen molar-refractivity contribution in [2.75, 3.05) is 5.32 Å². The average molecular weight is 348 g/mol. The molecule has 1 aliphatic carbocycles. The summed E-state index contributed by atoms with van der Waals surface area (Å²) >= 11 is 0. The van der Waals surface area contributed by atoms with Gasteiger partial charge in [0.1, 0.15) is 17.9 Å². The number of nitrogens with zero attached hydrogens (tertiary/aromatic N) is 3. The number of hydrogen-bond acceptors (Lipinski definition) is 5. The van der Waals surface area contributed by atoms with Gasteiger partial charge in [0.15, 0.2) is 11.6 Å². The van der Waals surface area contributed by atoms with E-state index < -0.39 is 0 Å². The second kappa shape index (κ2) is 7.06. The number of aliphatic hydroxyl groups excluding tert-OH is 1. The third-order valence-corrected chi connectivity index (χ3v) is 4.60. The van der Waals surface area contributed by atoms with E-state index in [1.807, 2.05) is 36.5 Å². The largest absolute Gasteiger partial charge is 0.488 e. The van der Waals surface area contributed by atoms with Crippen LogP contribution in [0.2, 0.25) is 0 Å². The molecule has 0 spiro atoms. The van der Waals surface area contributed by atoms with Crippen molar-refractivity contribution in [2.45, 2.75) is 37.9 Å². The smallest absolute Gasteiger partial charge is 0.162 e. The van der Waals surface area contributed by atoms with E-state index in [0.717, 1.165) is 36.0 Å². The van der Waals surface area contributed by atoms with Crippen molar-refractivity contribution >= 4 is 17.0 Å². The van der Waals surface area contributed by atoms with Gasteiger partial charge in [0.25, 0.3) is 0 Å². The molecule has 0 saturated heterocycles. The Bertz CT molecular complexity index is 960. The number of aliphatic hydroxyl groups is 1. The summed E-state index contributed by atoms with van der Waals surface area (Å²) in [7, 11) is 0. The van der Waals surface area contributed by atoms with Crippen LogP contribution in [0.3, 0.4) is 0 Å². The maximum absolute atomic E-state index is 9.88. The topological polar surface area (TPSA) is 71.7 Å². The highest BCUT2D eigenvalue weighted by Gasteiger charge is 2.23. The van der Waals surface area contributed by atoms with Crippen LogP contribution in [0.15, 0.2) is 42.9 Å². The normalized spacial score (nSPS) is 19.8. The molecule has 6 heteroatoms. The molecule has 2 atom stereocenters. The summed E-state index contributed by atoms with van der Waals surface area (Å²) in [5.41, 5.74) is 2.41. The number of nitrogens with one attached hydrogen (secondary N) is 1. The fraction of sp³-hybridized carbons (Fsp3) is 0.300. The Morgan fingerprint density at radius 1 is 1.31 bits per heavy atom. The van der Waals surface area contributed by atoms with Gasteiger partial charge in [-0.2, -0.15) is 5.10 Å². The number of fused-ring (bicyclic) bond motifs is 1. The Labute approximate surface area is 151 Å². The molecule has 1 fully saturated rings. The van der Waals surface area contributed by atoms with Crippen LogP contribution >= 0.6 is 0 Å². The van der Waals surface area contributed by atoms with Crippen molar-refractivity contribution in [1.82, 2.24) is 14.6 Å². The Hall–Kier alpha value is -3.04. The van der Waals surface area contributed by atoms with E-state index in [4.69, 9.17) is 11.2 Å². The molecule has 1 aromatic carbocycles. The van der Waals surface area contributed by atoms with Crippen LogP contribution in [0.1, 0.15) is 31.2 Å². The van der Waals surface area contributed by atoms with Crippen LogP contribution in [-0.2, 0) is 0 Å². The van der Waals surface area contributed by atoms with Gasteiger partial charge in [-0.25, -0.2) is 9.50 Å². The first-order valence-electron chi connectivity index (χ1n) is 8.73. The van der Waals surface area contributed by atoms with E-state index in [9.17, 15) is 5.11 Å². The van der Waals surface area contributed by atoms with Gasteiger partial charge >= 0.3 is 0 Å². The first-order valence-corrected chi connectivity index (χ1v) is 8.73. The fourth-order valence-corrected chi connectivity index (χ4v) is 3.34. The highest BCUT2D eigenvalue weighted by Crippen LogP contribution is 2.31. The van der Waals surface area contributed by atoms with Crippen molar-refractivity contribution < 1.29 is 9.84 Å². The van der Waals surface area contributed by atoms with E-state index >= 15 is 0 Å². The Morgan fingerprint density at radius 2 is 2.23 bits per heavy atom. The quantitative estimate of drug-likeness (QED) is 0.709. The molecule has 4 rings (SSSR count). The van der Waals surface area contributed by atoms with Gasteiger partial charge < -0.3 is 15.2 Å². The van der Waals surface area contributed by atoms with E-state index in [2.05, 4.69) is 21.3 Å². The molecule has 2 heterocycles. The van der Waals surface area contributed by atoms with Crippen molar-refractivity contribution in [2.24, 2.45) is 0 Å². The minimum Gasteiger partial charge on any atom is -0.488 e. The number of rotatable bonds is 4. The molecule has 2 N–H and O–H groups in total. The zero-order chi connectivity index (χ0) is 17.9. The lowest BCUT2D eigenvalue weighted by molar-refractivity contribution is 0.0544. The van der Waals surface area contributed by atoms with Gasteiger partial charge in [-0.15, -0.1) is 6.42 Å². The lowest BCUT2D eigenvalue weighted by atomic mass is 9.95. The molecule has 3 aromatic rings. The zero-order valence-corrected chi connectivity index (χ0v) is 14.3. The first-order chi connectivity index (χ1) is 12.7. The maximum Gasteiger partial charge on any atom is 0.162 e. The third kappa shape index (κ3) is 3.35. The average Bonchev–Trinajstić information content (AvgIpc) is 3.06. The van der Waals surface area contributed by atoms with E-state index in [-0.39, 0.29) is 12.2 Å². The van der Waals surface area contributed by atoms with Gasteiger partial charge in [-0.05, 0) is 37.5 Å². The summed E-state index contributed by atoms with van der Waals surface area (Å²) in [5, 5.41) is 17.4. The molecule has 2 aromatic heterocycles. The van der Waals surface area contributed by atoms with E-state index in [1.165, 1.54) is 6.33 Å². The van der Waals surface area contributed by atoms with Crippen molar-refractivity contribution in [3.05, 3.63) is 48.4 Å². The van der Waals surface area contributed by atoms with Crippen LogP contribution in [0, 0.1) is 12.3 Å². The predicted molar refractivity (Wildman–Crippen MR) is 99.5 cm³/mol. The van der Waals surface area contributed by atoms with Gasteiger partial charge in [-0.3, -0.25) is 0 Å². The number of anilines is 2. The molecule has 132 valence electrons. The van der Waals surface area contributed by atoms with Crippen LogP contribution in [0.4, 0.5) is 11.5 Å². The summed E-state index contributed by atoms with van der Waals surface area (Å²) in [6, 6.07) is 9.48. The zero-order valence-electron chi connectivity index (χ0n) is 14.3. The van der Waals surface area contributed by atoms with Crippen molar-refractivity contribution in [3.8, 4) is 18.1 Å². The summed E-state index contributed by atoms with van der Waals surface area (Å²) in [5.74, 6) is 3.98. The Balaban J connectivity index is 1.64. The van der Waals surface area contributed by atoms with Crippen LogP contribution in [0.25, 0.3) is 5.52 Å². The number of hydrogen-bond donors (Lipinski definition) is 2. The standard InChI is InChI=1S/C20H20N4O2/c1-2-14-5-3-6-15(11-14)23-20-19-18(9-10-24(19)22-13-21-20)26-17-8-4-7-16(25)12-17/h1,3,5-6,9-11,13,16-17,25H,4,7-8,12H2,(H,21,22,23)/t16-,17+/m0/s1. The molecular formula is C20H20N4O2. The van der Waals surface area contributed by atoms with Gasteiger partial charge in [0, 0.05) is 29.9 Å². The second-order valence-electron chi connectivity index (χ2n) is 6.49. The maximum atomic E-state index is 9.88. The van der Waals surface area contributed by atoms with Gasteiger partial charge in [0.2, 0.25) is 0 Å². The minimum atomic E-state index is -0.289. The first kappa shape index (κ1) is 16.4. The highest BCUT2D eigenvalue weighted by molar-refractivity contribution is 5.79. The number of aromatic nitrogens is 3. The number of terminal acetylenes is 1. The molecule has 0 aliphatic heterocycles. The molecule has 26 heavy (non-hydrogen) atoms. The fourth-order valence-electron chi connectivity index (χ4n) is 3.34. The SMILES string of the molecule is C#Cc1cccc(Nc2ncnn3ccc(O[C@@H]4CCC[C@H](O)C4)c23)c1. The summed E-state index contributed by atoms with van der Waals surface area (Å²) < 4.78 is 7.90. The van der Waals surface area contributed by atoms with Crippen LogP contribution < -0.4 is 10.1 Å². The lowest BCUT2D eigenvalue weighted by Crippen LogP contribution is -2.28. The Kier molecular flexibility index (Phi) is 4.46. The number of ether oxygens (including phenoxy) is 1. The van der Waals surface area contributed by atoms with E-state index in [0.29, 0.717) is 18.0 Å². The van der Waals surface area contributed by atoms with Crippen molar-refractivity contribution in [1.29, 1.82) is 0 Å². The van der Waals surface area contributed by atoms with E-state index in [1.54, 1.807) is 4.52 Å². The molecule has 0 amide bonds. The second-order valence-corrected chi connectivity index (χ2v) is 6.49. The lowest BCUT2D eigenvalue weighted by Gasteiger charge is -2.26. The summed E-state index contributed by atoms with van der Waals surface area (Å²) in [6.07, 6.45) is 11.9. The monoisotopic (exact) mass is 348 g/mol. The predicted octanol–water partition coefficient (Wildman–Crippen LogP) is 3.14. The van der Waals surface area contributed by atoms with Crippen LogP contribution in [0.5, 0.6) is 5.75 Å². The highest BCUT2D eigenvalue weighted by atomic mass is 16.5. The molecule has 0 radical (unpaired) electrons. The van der Waals surface area contributed by atoms with Gasteiger partial charge in [-0.1, -0.05) is 12.0 Å². The third-order valence-electron chi connectivity index (χ3n) is 4.60. The number of benzene rings is 1. The van der Waals surface area contributed by atoms with Gasteiger partial charge in [0.05, 0.1) is 6.10 Å². The Morgan fingerprint density at radius 3 is 3.08 bits per heavy atom. The molecular weight excluding hydrogens is 328 g/mol. The molecule has 1 saturated carbocycles. The van der Waals surface area contributed by atoms with Crippen LogP contribution in [-0.4, -0.2) is 31.9 Å². The molecule has 6 nitrogen and oxygen atoms in total. The van der Waals surface area contributed by atoms with Crippen molar-refractivity contribution in [3.63, 3.8) is 0 Å². The minimum absolute atomic E-state index is 0.00257. The molecule has 1 aliphatic rings.